The van der Waals surface area contributed by atoms with Crippen LogP contribution in [-0.4, -0.2) is 22.4 Å². The van der Waals surface area contributed by atoms with Crippen molar-refractivity contribution < 1.29 is 9.13 Å². The molecule has 1 aromatic heterocycles. The maximum Gasteiger partial charge on any atom is 0.270 e. The zero-order valence-corrected chi connectivity index (χ0v) is 12.2. The van der Waals surface area contributed by atoms with Crippen molar-refractivity contribution in [3.8, 4) is 5.75 Å². The lowest BCUT2D eigenvalue weighted by molar-refractivity contribution is 0.293. The van der Waals surface area contributed by atoms with Crippen LogP contribution in [0.2, 0.25) is 5.02 Å². The van der Waals surface area contributed by atoms with Gasteiger partial charge in [0.2, 0.25) is 0 Å². The Balaban J connectivity index is 2.16. The van der Waals surface area contributed by atoms with Crippen LogP contribution in [0.4, 0.5) is 4.39 Å². The molecule has 1 aromatic carbocycles. The molecule has 0 saturated carbocycles. The molecule has 7 heteroatoms. The third-order valence-corrected chi connectivity index (χ3v) is 3.04. The van der Waals surface area contributed by atoms with Crippen LogP contribution in [0.3, 0.4) is 0 Å². The van der Waals surface area contributed by atoms with Gasteiger partial charge in [-0.2, -0.15) is 5.10 Å². The van der Waals surface area contributed by atoms with Gasteiger partial charge in [-0.3, -0.25) is 4.79 Å². The first-order valence-corrected chi connectivity index (χ1v) is 6.73. The van der Waals surface area contributed by atoms with Gasteiger partial charge in [0.25, 0.3) is 5.56 Å². The van der Waals surface area contributed by atoms with Crippen LogP contribution in [0.25, 0.3) is 0 Å². The lowest BCUT2D eigenvalue weighted by Gasteiger charge is -2.10. The molecule has 0 radical (unpaired) electrons. The number of aromatic nitrogens is 2. The van der Waals surface area contributed by atoms with Crippen molar-refractivity contribution in [1.82, 2.24) is 9.78 Å². The van der Waals surface area contributed by atoms with E-state index in [1.54, 1.807) is 6.92 Å². The summed E-state index contributed by atoms with van der Waals surface area (Å²) >= 11 is 5.93. The van der Waals surface area contributed by atoms with Gasteiger partial charge in [-0.05, 0) is 24.6 Å². The minimum absolute atomic E-state index is 0.134. The van der Waals surface area contributed by atoms with Crippen LogP contribution in [0, 0.1) is 5.82 Å². The Morgan fingerprint density at radius 1 is 1.48 bits per heavy atom. The highest BCUT2D eigenvalue weighted by atomic mass is 35.5. The molecule has 5 nitrogen and oxygen atoms in total. The molecule has 0 spiro atoms. The maximum absolute atomic E-state index is 13.0. The van der Waals surface area contributed by atoms with Gasteiger partial charge in [0.15, 0.2) is 0 Å². The Hall–Kier alpha value is -1.92. The SMILES string of the molecule is CC(N)COc1cnn(Cc2ccc(F)cc2Cl)c(=O)c1. The summed E-state index contributed by atoms with van der Waals surface area (Å²) in [5.74, 6) is -0.0672. The minimum atomic E-state index is -0.427. The van der Waals surface area contributed by atoms with Gasteiger partial charge in [-0.25, -0.2) is 9.07 Å². The van der Waals surface area contributed by atoms with Gasteiger partial charge < -0.3 is 10.5 Å². The smallest absolute Gasteiger partial charge is 0.270 e. The van der Waals surface area contributed by atoms with Crippen molar-refractivity contribution in [3.63, 3.8) is 0 Å². The summed E-state index contributed by atoms with van der Waals surface area (Å²) in [5.41, 5.74) is 5.84. The molecular weight excluding hydrogens is 297 g/mol. The number of benzene rings is 1. The van der Waals surface area contributed by atoms with Crippen LogP contribution in [0.15, 0.2) is 35.3 Å². The van der Waals surface area contributed by atoms with E-state index in [9.17, 15) is 9.18 Å². The van der Waals surface area contributed by atoms with Crippen molar-refractivity contribution in [3.05, 3.63) is 57.2 Å². The molecule has 0 aliphatic carbocycles. The second kappa shape index (κ2) is 6.69. The van der Waals surface area contributed by atoms with Crippen LogP contribution < -0.4 is 16.0 Å². The number of hydrogen-bond donors (Lipinski definition) is 1. The largest absolute Gasteiger partial charge is 0.490 e. The number of ether oxygens (including phenoxy) is 1. The molecule has 1 unspecified atom stereocenters. The molecular formula is C14H15ClFN3O2. The summed E-state index contributed by atoms with van der Waals surface area (Å²) in [5, 5.41) is 4.25. The van der Waals surface area contributed by atoms with Crippen molar-refractivity contribution in [2.45, 2.75) is 19.5 Å². The molecule has 112 valence electrons. The van der Waals surface area contributed by atoms with Gasteiger partial charge >= 0.3 is 0 Å². The monoisotopic (exact) mass is 311 g/mol. The quantitative estimate of drug-likeness (QED) is 0.914. The summed E-state index contributed by atoms with van der Waals surface area (Å²) < 4.78 is 19.5. The van der Waals surface area contributed by atoms with Crippen LogP contribution >= 0.6 is 11.6 Å². The molecule has 0 fully saturated rings. The maximum atomic E-state index is 13.0. The van der Waals surface area contributed by atoms with Crippen LogP contribution in [0.5, 0.6) is 5.75 Å². The standard InChI is InChI=1S/C14H15ClFN3O2/c1-9(17)8-21-12-5-14(20)19(18-6-12)7-10-2-3-11(16)4-13(10)15/h2-6,9H,7-8,17H2,1H3. The van der Waals surface area contributed by atoms with Gasteiger partial charge in [0, 0.05) is 17.1 Å². The average Bonchev–Trinajstić information content (AvgIpc) is 2.42. The van der Waals surface area contributed by atoms with E-state index in [4.69, 9.17) is 22.1 Å². The lowest BCUT2D eigenvalue weighted by atomic mass is 10.2. The first kappa shape index (κ1) is 15.5. The molecule has 0 bridgehead atoms. The van der Waals surface area contributed by atoms with E-state index in [0.717, 1.165) is 0 Å². The first-order valence-electron chi connectivity index (χ1n) is 6.35. The molecule has 0 amide bonds. The predicted molar refractivity (Wildman–Crippen MR) is 78.2 cm³/mol. The highest BCUT2D eigenvalue weighted by molar-refractivity contribution is 6.31. The zero-order valence-electron chi connectivity index (χ0n) is 11.4. The minimum Gasteiger partial charge on any atom is -0.490 e. The Kier molecular flexibility index (Phi) is 4.93. The summed E-state index contributed by atoms with van der Waals surface area (Å²) in [6.45, 7) is 2.26. The molecule has 1 heterocycles. The fraction of sp³-hybridized carbons (Fsp3) is 0.286. The molecule has 21 heavy (non-hydrogen) atoms. The Morgan fingerprint density at radius 2 is 2.24 bits per heavy atom. The Bertz CT molecular complexity index is 688. The van der Waals surface area contributed by atoms with Gasteiger partial charge in [-0.15, -0.1) is 0 Å². The fourth-order valence-electron chi connectivity index (χ4n) is 1.65. The molecule has 2 aromatic rings. The van der Waals surface area contributed by atoms with Gasteiger partial charge in [0.1, 0.15) is 18.2 Å². The summed E-state index contributed by atoms with van der Waals surface area (Å²) in [6.07, 6.45) is 1.43. The summed E-state index contributed by atoms with van der Waals surface area (Å²) in [6, 6.07) is 5.19. The van der Waals surface area contributed by atoms with Gasteiger partial charge in [-0.1, -0.05) is 17.7 Å². The summed E-state index contributed by atoms with van der Waals surface area (Å²) in [4.78, 5) is 11.9. The zero-order chi connectivity index (χ0) is 15.4. The molecule has 0 saturated heterocycles. The van der Waals surface area contributed by atoms with E-state index in [1.165, 1.54) is 35.1 Å². The summed E-state index contributed by atoms with van der Waals surface area (Å²) in [7, 11) is 0. The van der Waals surface area contributed by atoms with Crippen LogP contribution in [-0.2, 0) is 6.54 Å². The highest BCUT2D eigenvalue weighted by Gasteiger charge is 2.07. The average molecular weight is 312 g/mol. The predicted octanol–water partition coefficient (Wildman–Crippen LogP) is 1.81. The molecule has 2 N–H and O–H groups in total. The fourth-order valence-corrected chi connectivity index (χ4v) is 1.88. The number of nitrogens with two attached hydrogens (primary N) is 1. The van der Waals surface area contributed by atoms with Gasteiger partial charge in [0.05, 0.1) is 12.7 Å². The Morgan fingerprint density at radius 3 is 2.86 bits per heavy atom. The molecule has 0 aliphatic rings. The third-order valence-electron chi connectivity index (χ3n) is 2.69. The number of halogens is 2. The lowest BCUT2D eigenvalue weighted by Crippen LogP contribution is -2.26. The number of hydrogen-bond acceptors (Lipinski definition) is 4. The topological polar surface area (TPSA) is 70.1 Å². The van der Waals surface area contributed by atoms with Crippen molar-refractivity contribution in [2.24, 2.45) is 5.73 Å². The van der Waals surface area contributed by atoms with Crippen molar-refractivity contribution in [2.75, 3.05) is 6.61 Å². The second-order valence-electron chi connectivity index (χ2n) is 4.71. The van der Waals surface area contributed by atoms with Crippen molar-refractivity contribution >= 4 is 11.6 Å². The third kappa shape index (κ3) is 4.27. The molecule has 1 atom stereocenters. The van der Waals surface area contributed by atoms with E-state index in [1.807, 2.05) is 0 Å². The molecule has 2 rings (SSSR count). The van der Waals surface area contributed by atoms with E-state index in [2.05, 4.69) is 5.10 Å². The number of nitrogens with zero attached hydrogens (tertiary/aromatic N) is 2. The van der Waals surface area contributed by atoms with E-state index < -0.39 is 5.82 Å². The van der Waals surface area contributed by atoms with E-state index >= 15 is 0 Å². The van der Waals surface area contributed by atoms with E-state index in [-0.39, 0.29) is 23.2 Å². The number of rotatable bonds is 5. The van der Waals surface area contributed by atoms with Crippen molar-refractivity contribution in [1.29, 1.82) is 0 Å². The molecule has 0 aliphatic heterocycles. The second-order valence-corrected chi connectivity index (χ2v) is 5.12. The Labute approximate surface area is 126 Å². The normalized spacial score (nSPS) is 12.2. The highest BCUT2D eigenvalue weighted by Crippen LogP contribution is 2.17. The first-order chi connectivity index (χ1) is 9.95. The van der Waals surface area contributed by atoms with E-state index in [0.29, 0.717) is 17.9 Å². The van der Waals surface area contributed by atoms with Crippen LogP contribution in [0.1, 0.15) is 12.5 Å².